The number of carbonyl (C=O) groups is 2. The highest BCUT2D eigenvalue weighted by molar-refractivity contribution is 5.97. The van der Waals surface area contributed by atoms with Gasteiger partial charge in [0.05, 0.1) is 11.5 Å². The average molecular weight is 424 g/mol. The molecule has 2 amide bonds. The number of para-hydroxylation sites is 1. The van der Waals surface area contributed by atoms with Crippen LogP contribution in [0.5, 0.6) is 5.75 Å². The number of halogens is 2. The van der Waals surface area contributed by atoms with E-state index in [0.29, 0.717) is 19.5 Å². The molecule has 3 rings (SSSR count). The molecule has 2 saturated heterocycles. The number of hydrogen-bond donors (Lipinski definition) is 1. The molecule has 0 bridgehead atoms. The molecule has 0 radical (unpaired) electrons. The Balaban J connectivity index is 1.56. The van der Waals surface area contributed by atoms with Crippen LogP contribution in [-0.4, -0.2) is 67.0 Å². The lowest BCUT2D eigenvalue weighted by Gasteiger charge is -2.35. The van der Waals surface area contributed by atoms with Crippen molar-refractivity contribution in [1.82, 2.24) is 15.1 Å². The van der Waals surface area contributed by atoms with E-state index in [-0.39, 0.29) is 35.1 Å². The predicted octanol–water partition coefficient (Wildman–Crippen LogP) is 3.13. The van der Waals surface area contributed by atoms with Gasteiger partial charge < -0.3 is 19.9 Å². The Morgan fingerprint density at radius 3 is 2.60 bits per heavy atom. The third-order valence-electron chi connectivity index (χ3n) is 5.89. The van der Waals surface area contributed by atoms with E-state index < -0.39 is 6.61 Å². The van der Waals surface area contributed by atoms with E-state index in [2.05, 4.69) is 21.9 Å². The average Bonchev–Trinajstić information content (AvgIpc) is 2.75. The number of carbonyl (C=O) groups excluding carboxylic acids is 2. The van der Waals surface area contributed by atoms with Gasteiger partial charge in [0.15, 0.2) is 0 Å². The molecule has 6 nitrogen and oxygen atoms in total. The van der Waals surface area contributed by atoms with E-state index in [1.54, 1.807) is 17.0 Å². The van der Waals surface area contributed by atoms with Crippen LogP contribution in [0.3, 0.4) is 0 Å². The number of nitrogens with zero attached hydrogens (tertiary/aromatic N) is 2. The number of ether oxygens (including phenoxy) is 1. The number of piperidine rings is 2. The van der Waals surface area contributed by atoms with Crippen molar-refractivity contribution in [2.75, 3.05) is 32.7 Å². The number of amides is 2. The summed E-state index contributed by atoms with van der Waals surface area (Å²) in [4.78, 5) is 29.7. The van der Waals surface area contributed by atoms with Gasteiger partial charge >= 0.3 is 6.61 Å². The fourth-order valence-electron chi connectivity index (χ4n) is 4.32. The summed E-state index contributed by atoms with van der Waals surface area (Å²) in [6.07, 6.45) is 4.45. The van der Waals surface area contributed by atoms with Gasteiger partial charge in [0, 0.05) is 32.2 Å². The van der Waals surface area contributed by atoms with Crippen LogP contribution in [0.1, 0.15) is 49.4 Å². The van der Waals surface area contributed by atoms with Crippen molar-refractivity contribution in [3.05, 3.63) is 29.8 Å². The molecule has 1 aromatic rings. The van der Waals surface area contributed by atoms with Crippen molar-refractivity contribution in [3.8, 4) is 5.75 Å². The van der Waals surface area contributed by atoms with Crippen LogP contribution in [0.15, 0.2) is 24.3 Å². The smallest absolute Gasteiger partial charge is 0.387 e. The Bertz CT molecular complexity index is 723. The molecule has 1 unspecified atom stereocenters. The first-order valence-electron chi connectivity index (χ1n) is 10.8. The molecule has 2 aliphatic rings. The molecule has 1 N–H and O–H groups in total. The summed E-state index contributed by atoms with van der Waals surface area (Å²) in [7, 11) is 0. The van der Waals surface area contributed by atoms with Crippen LogP contribution < -0.4 is 10.1 Å². The summed E-state index contributed by atoms with van der Waals surface area (Å²) >= 11 is 0. The summed E-state index contributed by atoms with van der Waals surface area (Å²) in [5, 5.41) is 3.16. The van der Waals surface area contributed by atoms with Crippen molar-refractivity contribution in [2.24, 2.45) is 5.92 Å². The van der Waals surface area contributed by atoms with Crippen LogP contribution in [0.2, 0.25) is 0 Å². The van der Waals surface area contributed by atoms with E-state index in [1.165, 1.54) is 12.1 Å². The third kappa shape index (κ3) is 5.90. The SMILES string of the molecule is CCCN1CCC(NC(=O)C2CCCN(C(=O)c3ccccc3OC(F)F)C2)CC1. The van der Waals surface area contributed by atoms with Crippen molar-refractivity contribution in [3.63, 3.8) is 0 Å². The van der Waals surface area contributed by atoms with Crippen LogP contribution in [0.25, 0.3) is 0 Å². The summed E-state index contributed by atoms with van der Waals surface area (Å²) in [5.41, 5.74) is 0.0992. The molecule has 0 aliphatic carbocycles. The fraction of sp³-hybridized carbons (Fsp3) is 0.636. The second-order valence-corrected chi connectivity index (χ2v) is 8.09. The first kappa shape index (κ1) is 22.5. The lowest BCUT2D eigenvalue weighted by atomic mass is 9.95. The molecule has 0 saturated carbocycles. The molecular weight excluding hydrogens is 392 g/mol. The predicted molar refractivity (Wildman–Crippen MR) is 110 cm³/mol. The van der Waals surface area contributed by atoms with Gasteiger partial charge in [-0.25, -0.2) is 0 Å². The van der Waals surface area contributed by atoms with Gasteiger partial charge in [-0.2, -0.15) is 8.78 Å². The van der Waals surface area contributed by atoms with Gasteiger partial charge in [-0.3, -0.25) is 9.59 Å². The van der Waals surface area contributed by atoms with Crippen LogP contribution in [0.4, 0.5) is 8.78 Å². The van der Waals surface area contributed by atoms with Gasteiger partial charge in [0.1, 0.15) is 5.75 Å². The number of rotatable bonds is 7. The third-order valence-corrected chi connectivity index (χ3v) is 5.89. The zero-order valence-corrected chi connectivity index (χ0v) is 17.5. The highest BCUT2D eigenvalue weighted by Crippen LogP contribution is 2.25. The molecule has 8 heteroatoms. The zero-order chi connectivity index (χ0) is 21.5. The Morgan fingerprint density at radius 2 is 1.90 bits per heavy atom. The molecule has 30 heavy (non-hydrogen) atoms. The van der Waals surface area contributed by atoms with E-state index in [9.17, 15) is 18.4 Å². The number of hydrogen-bond acceptors (Lipinski definition) is 4. The Hall–Kier alpha value is -2.22. The molecule has 2 heterocycles. The standard InChI is InChI=1S/C22H31F2N3O3/c1-2-11-26-13-9-17(10-14-26)25-20(28)16-6-5-12-27(15-16)21(29)18-7-3-4-8-19(18)30-22(23)24/h3-4,7-8,16-17,22H,2,5-6,9-15H2,1H3,(H,25,28). The summed E-state index contributed by atoms with van der Waals surface area (Å²) < 4.78 is 29.8. The molecule has 1 aromatic carbocycles. The van der Waals surface area contributed by atoms with Crippen molar-refractivity contribution in [2.45, 2.75) is 51.7 Å². The Kier molecular flexibility index (Phi) is 8.01. The van der Waals surface area contributed by atoms with E-state index >= 15 is 0 Å². The highest BCUT2D eigenvalue weighted by atomic mass is 19.3. The van der Waals surface area contributed by atoms with Gasteiger partial charge in [-0.05, 0) is 50.8 Å². The molecule has 166 valence electrons. The van der Waals surface area contributed by atoms with Gasteiger partial charge in [-0.1, -0.05) is 19.1 Å². The molecule has 1 atom stereocenters. The van der Waals surface area contributed by atoms with Gasteiger partial charge in [0.25, 0.3) is 5.91 Å². The minimum Gasteiger partial charge on any atom is -0.434 e. The first-order chi connectivity index (χ1) is 14.5. The van der Waals surface area contributed by atoms with Crippen LogP contribution in [-0.2, 0) is 4.79 Å². The minimum atomic E-state index is -3.00. The second-order valence-electron chi connectivity index (χ2n) is 8.09. The zero-order valence-electron chi connectivity index (χ0n) is 17.5. The van der Waals surface area contributed by atoms with Crippen LogP contribution in [0, 0.1) is 5.92 Å². The number of likely N-dealkylation sites (tertiary alicyclic amines) is 2. The summed E-state index contributed by atoms with van der Waals surface area (Å²) in [5.74, 6) is -0.808. The molecule has 2 fully saturated rings. The molecule has 0 spiro atoms. The highest BCUT2D eigenvalue weighted by Gasteiger charge is 2.31. The van der Waals surface area contributed by atoms with Crippen molar-refractivity contribution in [1.29, 1.82) is 0 Å². The first-order valence-corrected chi connectivity index (χ1v) is 10.8. The summed E-state index contributed by atoms with van der Waals surface area (Å²) in [6.45, 7) is 3.05. The Labute approximate surface area is 176 Å². The number of nitrogens with one attached hydrogen (secondary N) is 1. The largest absolute Gasteiger partial charge is 0.434 e. The molecular formula is C22H31F2N3O3. The van der Waals surface area contributed by atoms with E-state index in [0.717, 1.165) is 45.3 Å². The normalized spacial score (nSPS) is 20.9. The fourth-order valence-corrected chi connectivity index (χ4v) is 4.32. The van der Waals surface area contributed by atoms with E-state index in [4.69, 9.17) is 0 Å². The van der Waals surface area contributed by atoms with Gasteiger partial charge in [0.2, 0.25) is 5.91 Å². The van der Waals surface area contributed by atoms with Crippen LogP contribution >= 0.6 is 0 Å². The summed E-state index contributed by atoms with van der Waals surface area (Å²) in [6, 6.07) is 6.18. The quantitative estimate of drug-likeness (QED) is 0.732. The van der Waals surface area contributed by atoms with E-state index in [1.807, 2.05) is 0 Å². The Morgan fingerprint density at radius 1 is 1.17 bits per heavy atom. The maximum atomic E-state index is 12.9. The lowest BCUT2D eigenvalue weighted by molar-refractivity contribution is -0.127. The lowest BCUT2D eigenvalue weighted by Crippen LogP contribution is -2.50. The van der Waals surface area contributed by atoms with Gasteiger partial charge in [-0.15, -0.1) is 0 Å². The number of alkyl halides is 2. The number of benzene rings is 1. The monoisotopic (exact) mass is 423 g/mol. The molecule has 2 aliphatic heterocycles. The second kappa shape index (κ2) is 10.7. The minimum absolute atomic E-state index is 0.0152. The maximum absolute atomic E-state index is 12.9. The molecule has 0 aromatic heterocycles. The van der Waals surface area contributed by atoms with Crippen molar-refractivity contribution >= 4 is 11.8 Å². The maximum Gasteiger partial charge on any atom is 0.387 e. The topological polar surface area (TPSA) is 61.9 Å². The van der Waals surface area contributed by atoms with Crippen molar-refractivity contribution < 1.29 is 23.1 Å².